The number of morpholine rings is 1. The number of ether oxygens (including phenoxy) is 1. The maximum atomic E-state index is 13.9. The predicted molar refractivity (Wildman–Crippen MR) is 113 cm³/mol. The van der Waals surface area contributed by atoms with Gasteiger partial charge in [-0.1, -0.05) is 17.7 Å². The highest BCUT2D eigenvalue weighted by molar-refractivity contribution is 6.34. The largest absolute Gasteiger partial charge is 0.441 e. The molecule has 31 heavy (non-hydrogen) atoms. The van der Waals surface area contributed by atoms with Crippen LogP contribution >= 0.6 is 11.6 Å². The van der Waals surface area contributed by atoms with E-state index in [-0.39, 0.29) is 36.0 Å². The van der Waals surface area contributed by atoms with Gasteiger partial charge < -0.3 is 19.4 Å². The van der Waals surface area contributed by atoms with E-state index in [1.165, 1.54) is 12.3 Å². The molecule has 0 radical (unpaired) electrons. The quantitative estimate of drug-likeness (QED) is 0.594. The minimum Gasteiger partial charge on any atom is -0.441 e. The van der Waals surface area contributed by atoms with Crippen molar-refractivity contribution in [3.8, 4) is 11.3 Å². The number of hydrogen-bond acceptors (Lipinski definition) is 5. The van der Waals surface area contributed by atoms with Gasteiger partial charge in [0.25, 0.3) is 0 Å². The Morgan fingerprint density at radius 2 is 2.00 bits per heavy atom. The Morgan fingerprint density at radius 1 is 1.19 bits per heavy atom. The van der Waals surface area contributed by atoms with Gasteiger partial charge in [0.1, 0.15) is 11.6 Å². The van der Waals surface area contributed by atoms with Gasteiger partial charge in [-0.15, -0.1) is 0 Å². The van der Waals surface area contributed by atoms with E-state index < -0.39 is 11.6 Å². The number of rotatable bonds is 6. The van der Waals surface area contributed by atoms with Crippen molar-refractivity contribution >= 4 is 28.9 Å². The molecule has 2 heterocycles. The molecule has 2 aromatic carbocycles. The van der Waals surface area contributed by atoms with Crippen molar-refractivity contribution in [2.24, 2.45) is 0 Å². The summed E-state index contributed by atoms with van der Waals surface area (Å²) in [6.07, 6.45) is 1.69. The molecule has 1 amide bonds. The first-order valence-electron chi connectivity index (χ1n) is 9.82. The number of carbonyl (C=O) groups is 1. The smallest absolute Gasteiger partial charge is 0.224 e. The number of nitrogens with one attached hydrogen (secondary N) is 1. The highest BCUT2D eigenvalue weighted by Crippen LogP contribution is 2.34. The topological polar surface area (TPSA) is 67.6 Å². The number of aromatic nitrogens is 1. The zero-order chi connectivity index (χ0) is 21.8. The molecular formula is C22H20ClF2N3O3. The van der Waals surface area contributed by atoms with Crippen molar-refractivity contribution in [1.82, 2.24) is 4.98 Å². The Kier molecular flexibility index (Phi) is 6.48. The average Bonchev–Trinajstić information content (AvgIpc) is 3.22. The third-order valence-corrected chi connectivity index (χ3v) is 5.21. The number of carbonyl (C=O) groups excluding carboxylic acids is 1. The first-order valence-corrected chi connectivity index (χ1v) is 10.2. The highest BCUT2D eigenvalue weighted by atomic mass is 35.5. The van der Waals surface area contributed by atoms with Gasteiger partial charge >= 0.3 is 0 Å². The summed E-state index contributed by atoms with van der Waals surface area (Å²) < 4.78 is 37.9. The van der Waals surface area contributed by atoms with Gasteiger partial charge in [0.05, 0.1) is 41.4 Å². The summed E-state index contributed by atoms with van der Waals surface area (Å²) in [5, 5.41) is 3.45. The Labute approximate surface area is 182 Å². The van der Waals surface area contributed by atoms with E-state index in [1.54, 1.807) is 18.2 Å². The summed E-state index contributed by atoms with van der Waals surface area (Å²) in [4.78, 5) is 18.7. The van der Waals surface area contributed by atoms with E-state index in [0.29, 0.717) is 37.0 Å². The summed E-state index contributed by atoms with van der Waals surface area (Å²) in [6.45, 7) is 2.57. The van der Waals surface area contributed by atoms with Gasteiger partial charge in [-0.25, -0.2) is 13.8 Å². The number of benzene rings is 2. The highest BCUT2D eigenvalue weighted by Gasteiger charge is 2.19. The van der Waals surface area contributed by atoms with E-state index in [2.05, 4.69) is 15.2 Å². The van der Waals surface area contributed by atoms with E-state index in [1.807, 2.05) is 0 Å². The fourth-order valence-electron chi connectivity index (χ4n) is 3.40. The van der Waals surface area contributed by atoms with Crippen molar-refractivity contribution in [3.63, 3.8) is 0 Å². The number of hydrogen-bond donors (Lipinski definition) is 1. The molecule has 0 aliphatic carbocycles. The molecule has 1 saturated heterocycles. The van der Waals surface area contributed by atoms with Gasteiger partial charge in [-0.05, 0) is 24.3 Å². The molecule has 0 saturated carbocycles. The third-order valence-electron chi connectivity index (χ3n) is 4.90. The number of halogens is 3. The first kappa shape index (κ1) is 21.3. The number of para-hydroxylation sites is 1. The maximum Gasteiger partial charge on any atom is 0.224 e. The summed E-state index contributed by atoms with van der Waals surface area (Å²) in [6, 6.07) is 8.57. The lowest BCUT2D eigenvalue weighted by Crippen LogP contribution is -2.37. The molecule has 3 aromatic rings. The SMILES string of the molecule is O=C(CCc1ncc(-c2ccc(F)cc2F)o1)Nc1cccc(Cl)c1N1CCOCC1. The minimum absolute atomic E-state index is 0.110. The number of amides is 1. The summed E-state index contributed by atoms with van der Waals surface area (Å²) in [7, 11) is 0. The Balaban J connectivity index is 1.40. The molecule has 9 heteroatoms. The fourth-order valence-corrected chi connectivity index (χ4v) is 3.69. The standard InChI is InChI=1S/C22H20ClF2N3O3/c23-16-2-1-3-18(22(16)28-8-10-30-11-9-28)27-20(29)6-7-21-26-13-19(31-21)15-5-4-14(24)12-17(15)25/h1-5,12-13H,6-11H2,(H,27,29). The lowest BCUT2D eigenvalue weighted by molar-refractivity contribution is -0.116. The summed E-state index contributed by atoms with van der Waals surface area (Å²) in [5.74, 6) is -1.18. The molecule has 1 aliphatic rings. The van der Waals surface area contributed by atoms with Crippen LogP contribution in [0.5, 0.6) is 0 Å². The lowest BCUT2D eigenvalue weighted by atomic mass is 10.2. The van der Waals surface area contributed by atoms with Crippen molar-refractivity contribution in [3.05, 3.63) is 65.1 Å². The van der Waals surface area contributed by atoms with Crippen LogP contribution in [0.15, 0.2) is 47.0 Å². The average molecular weight is 448 g/mol. The van der Waals surface area contributed by atoms with E-state index >= 15 is 0 Å². The third kappa shape index (κ3) is 5.03. The zero-order valence-electron chi connectivity index (χ0n) is 16.5. The molecule has 0 atom stereocenters. The Hall–Kier alpha value is -2.97. The van der Waals surface area contributed by atoms with Crippen LogP contribution in [-0.4, -0.2) is 37.2 Å². The molecule has 162 valence electrons. The van der Waals surface area contributed by atoms with E-state index in [9.17, 15) is 13.6 Å². The molecule has 0 unspecified atom stereocenters. The Bertz CT molecular complexity index is 1080. The molecular weight excluding hydrogens is 428 g/mol. The van der Waals surface area contributed by atoms with Crippen LogP contribution in [-0.2, 0) is 16.0 Å². The second-order valence-electron chi connectivity index (χ2n) is 7.03. The lowest BCUT2D eigenvalue weighted by Gasteiger charge is -2.31. The molecule has 1 aromatic heterocycles. The second kappa shape index (κ2) is 9.45. The second-order valence-corrected chi connectivity index (χ2v) is 7.43. The van der Waals surface area contributed by atoms with Crippen molar-refractivity contribution in [2.75, 3.05) is 36.5 Å². The van der Waals surface area contributed by atoms with Gasteiger partial charge in [0, 0.05) is 32.0 Å². The van der Waals surface area contributed by atoms with Crippen molar-refractivity contribution < 1.29 is 22.7 Å². The van der Waals surface area contributed by atoms with E-state index in [4.69, 9.17) is 20.8 Å². The van der Waals surface area contributed by atoms with Crippen LogP contribution in [0, 0.1) is 11.6 Å². The van der Waals surface area contributed by atoms with Gasteiger partial charge in [0.15, 0.2) is 11.7 Å². The number of aryl methyl sites for hydroxylation is 1. The van der Waals surface area contributed by atoms with Crippen LogP contribution in [0.1, 0.15) is 12.3 Å². The van der Waals surface area contributed by atoms with Crippen LogP contribution in [0.4, 0.5) is 20.2 Å². The number of oxazole rings is 1. The summed E-state index contributed by atoms with van der Waals surface area (Å²) in [5.41, 5.74) is 1.51. The van der Waals surface area contributed by atoms with Crippen LogP contribution in [0.2, 0.25) is 5.02 Å². The first-order chi connectivity index (χ1) is 15.0. The Morgan fingerprint density at radius 3 is 2.77 bits per heavy atom. The van der Waals surface area contributed by atoms with Gasteiger partial charge in [-0.2, -0.15) is 0 Å². The normalized spacial score (nSPS) is 14.0. The maximum absolute atomic E-state index is 13.9. The van der Waals surface area contributed by atoms with Crippen molar-refractivity contribution in [1.29, 1.82) is 0 Å². The van der Waals surface area contributed by atoms with Gasteiger partial charge in [-0.3, -0.25) is 4.79 Å². The van der Waals surface area contributed by atoms with Crippen LogP contribution in [0.3, 0.4) is 0 Å². The van der Waals surface area contributed by atoms with Crippen LogP contribution in [0.25, 0.3) is 11.3 Å². The van der Waals surface area contributed by atoms with Crippen LogP contribution < -0.4 is 10.2 Å². The minimum atomic E-state index is -0.739. The fraction of sp³-hybridized carbons (Fsp3) is 0.273. The monoisotopic (exact) mass is 447 g/mol. The van der Waals surface area contributed by atoms with E-state index in [0.717, 1.165) is 17.8 Å². The molecule has 1 fully saturated rings. The molecule has 6 nitrogen and oxygen atoms in total. The molecule has 1 aliphatic heterocycles. The van der Waals surface area contributed by atoms with Crippen molar-refractivity contribution in [2.45, 2.75) is 12.8 Å². The molecule has 0 spiro atoms. The number of anilines is 2. The summed E-state index contributed by atoms with van der Waals surface area (Å²) >= 11 is 6.39. The molecule has 4 rings (SSSR count). The predicted octanol–water partition coefficient (Wildman–Crippen LogP) is 4.68. The van der Waals surface area contributed by atoms with Gasteiger partial charge in [0.2, 0.25) is 5.91 Å². The number of nitrogens with zero attached hydrogens (tertiary/aromatic N) is 2. The zero-order valence-corrected chi connectivity index (χ0v) is 17.3. The molecule has 1 N–H and O–H groups in total. The molecule has 0 bridgehead atoms.